The van der Waals surface area contributed by atoms with Crippen molar-refractivity contribution in [3.63, 3.8) is 0 Å². The highest BCUT2D eigenvalue weighted by molar-refractivity contribution is 5.79. The minimum atomic E-state index is 0.550. The van der Waals surface area contributed by atoms with Crippen LogP contribution < -0.4 is 0 Å². The largest absolute Gasteiger partial charge is 0.265 e. The molecule has 0 spiro atoms. The first kappa shape index (κ1) is 13.7. The van der Waals surface area contributed by atoms with Crippen LogP contribution in [0.4, 0.5) is 0 Å². The highest BCUT2D eigenvalue weighted by Crippen LogP contribution is 2.05. The van der Waals surface area contributed by atoms with Crippen LogP contribution in [0.15, 0.2) is 29.4 Å². The third-order valence-corrected chi connectivity index (χ3v) is 1.33. The van der Waals surface area contributed by atoms with E-state index in [1.807, 2.05) is 27.0 Å². The van der Waals surface area contributed by atoms with E-state index in [0.717, 1.165) is 0 Å². The summed E-state index contributed by atoms with van der Waals surface area (Å²) in [6.07, 6.45) is 5.46. The van der Waals surface area contributed by atoms with Gasteiger partial charge in [0.05, 0.1) is 0 Å². The Morgan fingerprint density at radius 3 is 2.08 bits per heavy atom. The van der Waals surface area contributed by atoms with Crippen LogP contribution in [0.1, 0.15) is 34.6 Å². The van der Waals surface area contributed by atoms with Gasteiger partial charge in [0, 0.05) is 12.4 Å². The third kappa shape index (κ3) is 7.26. The predicted octanol–water partition coefficient (Wildman–Crippen LogP) is 3.83. The number of hydrogen-bond donors (Lipinski definition) is 0. The van der Waals surface area contributed by atoms with Crippen molar-refractivity contribution in [2.75, 3.05) is 0 Å². The van der Waals surface area contributed by atoms with E-state index in [2.05, 4.69) is 31.5 Å². The molecule has 0 atom stereocenters. The molecule has 0 bridgehead atoms. The summed E-state index contributed by atoms with van der Waals surface area (Å²) in [6.45, 7) is 13.8. The molecule has 0 heterocycles. The number of allylic oxidation sites excluding steroid dienone is 2. The van der Waals surface area contributed by atoms with Crippen molar-refractivity contribution in [1.29, 1.82) is 0 Å². The Hall–Kier alpha value is -0.850. The fourth-order valence-electron chi connectivity index (χ4n) is 0.696. The van der Waals surface area contributed by atoms with Gasteiger partial charge in [-0.15, -0.1) is 0 Å². The monoisotopic (exact) mass is 167 g/mol. The molecule has 0 saturated heterocycles. The summed E-state index contributed by atoms with van der Waals surface area (Å²) in [5, 5.41) is 0. The number of aliphatic imine (C=N–C) groups is 1. The van der Waals surface area contributed by atoms with Gasteiger partial charge in [-0.05, 0) is 18.4 Å². The van der Waals surface area contributed by atoms with Gasteiger partial charge in [0.2, 0.25) is 0 Å². The van der Waals surface area contributed by atoms with Gasteiger partial charge in [0.25, 0.3) is 0 Å². The second-order valence-electron chi connectivity index (χ2n) is 2.40. The molecular formula is C11H21N. The molecule has 0 saturated carbocycles. The number of hydrogen-bond acceptors (Lipinski definition) is 1. The summed E-state index contributed by atoms with van der Waals surface area (Å²) in [5.41, 5.74) is 1.25. The summed E-state index contributed by atoms with van der Waals surface area (Å²) >= 11 is 0. The average molecular weight is 167 g/mol. The lowest BCUT2D eigenvalue weighted by Crippen LogP contribution is -1.93. The van der Waals surface area contributed by atoms with Crippen molar-refractivity contribution in [3.8, 4) is 0 Å². The molecule has 0 aromatic rings. The van der Waals surface area contributed by atoms with Gasteiger partial charge in [-0.1, -0.05) is 40.3 Å². The zero-order valence-corrected chi connectivity index (χ0v) is 8.96. The minimum absolute atomic E-state index is 0.550. The number of nitrogens with zero attached hydrogens (tertiary/aromatic N) is 1. The smallest absolute Gasteiger partial charge is 0.0298 e. The highest BCUT2D eigenvalue weighted by Gasteiger charge is 1.95. The molecule has 0 N–H and O–H groups in total. The van der Waals surface area contributed by atoms with Crippen LogP contribution in [0.3, 0.4) is 0 Å². The van der Waals surface area contributed by atoms with Crippen LogP contribution in [0.2, 0.25) is 0 Å². The van der Waals surface area contributed by atoms with E-state index in [9.17, 15) is 0 Å². The van der Waals surface area contributed by atoms with Crippen LogP contribution in [0.25, 0.3) is 0 Å². The standard InChI is InChI=1S/C9H15N.C2H6/c1-5-9(8(3)4)7-10-6-2;1-2/h5-8H,2H2,1,3-4H3;1-2H3/b9-5+,10-7?;. The topological polar surface area (TPSA) is 12.4 Å². The summed E-state index contributed by atoms with van der Waals surface area (Å²) in [5.74, 6) is 0.550. The average Bonchev–Trinajstić information content (AvgIpc) is 2.09. The Morgan fingerprint density at radius 2 is 1.83 bits per heavy atom. The predicted molar refractivity (Wildman–Crippen MR) is 58.6 cm³/mol. The molecule has 70 valence electrons. The van der Waals surface area contributed by atoms with Crippen LogP contribution in [-0.2, 0) is 0 Å². The molecule has 0 unspecified atom stereocenters. The fraction of sp³-hybridized carbons (Fsp3) is 0.545. The molecule has 0 aliphatic rings. The van der Waals surface area contributed by atoms with Gasteiger partial charge >= 0.3 is 0 Å². The molecule has 0 radical (unpaired) electrons. The third-order valence-electron chi connectivity index (χ3n) is 1.33. The number of rotatable bonds is 3. The summed E-state index contributed by atoms with van der Waals surface area (Å²) < 4.78 is 0. The lowest BCUT2D eigenvalue weighted by atomic mass is 10.1. The fourth-order valence-corrected chi connectivity index (χ4v) is 0.696. The quantitative estimate of drug-likeness (QED) is 0.566. The van der Waals surface area contributed by atoms with Crippen molar-refractivity contribution < 1.29 is 0 Å². The van der Waals surface area contributed by atoms with Crippen LogP contribution in [0, 0.1) is 5.92 Å². The van der Waals surface area contributed by atoms with E-state index < -0.39 is 0 Å². The van der Waals surface area contributed by atoms with E-state index in [1.54, 1.807) is 6.20 Å². The van der Waals surface area contributed by atoms with E-state index in [4.69, 9.17) is 0 Å². The van der Waals surface area contributed by atoms with Gasteiger partial charge in [-0.2, -0.15) is 0 Å². The Labute approximate surface area is 76.9 Å². The minimum Gasteiger partial charge on any atom is -0.265 e. The van der Waals surface area contributed by atoms with E-state index >= 15 is 0 Å². The van der Waals surface area contributed by atoms with Gasteiger partial charge in [0.1, 0.15) is 0 Å². The summed E-state index contributed by atoms with van der Waals surface area (Å²) in [7, 11) is 0. The summed E-state index contributed by atoms with van der Waals surface area (Å²) in [4.78, 5) is 3.93. The van der Waals surface area contributed by atoms with Gasteiger partial charge in [0.15, 0.2) is 0 Å². The van der Waals surface area contributed by atoms with Crippen molar-refractivity contribution in [2.24, 2.45) is 10.9 Å². The molecule has 0 rings (SSSR count). The second-order valence-corrected chi connectivity index (χ2v) is 2.40. The maximum atomic E-state index is 3.93. The van der Waals surface area contributed by atoms with E-state index in [-0.39, 0.29) is 0 Å². The summed E-state index contributed by atoms with van der Waals surface area (Å²) in [6, 6.07) is 0. The van der Waals surface area contributed by atoms with Crippen LogP contribution in [-0.4, -0.2) is 6.21 Å². The molecule has 1 heteroatoms. The Kier molecular flexibility index (Phi) is 11.6. The van der Waals surface area contributed by atoms with Gasteiger partial charge in [-0.25, -0.2) is 0 Å². The molecule has 0 amide bonds. The molecule has 0 aromatic heterocycles. The van der Waals surface area contributed by atoms with Gasteiger partial charge in [-0.3, -0.25) is 4.99 Å². The van der Waals surface area contributed by atoms with Crippen LogP contribution in [0.5, 0.6) is 0 Å². The highest BCUT2D eigenvalue weighted by atomic mass is 14.7. The molecule has 12 heavy (non-hydrogen) atoms. The molecule has 0 aliphatic carbocycles. The zero-order valence-electron chi connectivity index (χ0n) is 8.96. The zero-order chi connectivity index (χ0) is 9.98. The van der Waals surface area contributed by atoms with Gasteiger partial charge < -0.3 is 0 Å². The molecule has 1 nitrogen and oxygen atoms in total. The van der Waals surface area contributed by atoms with Crippen molar-refractivity contribution in [2.45, 2.75) is 34.6 Å². The van der Waals surface area contributed by atoms with E-state index in [0.29, 0.717) is 5.92 Å². The lowest BCUT2D eigenvalue weighted by molar-refractivity contribution is 0.805. The molecule has 0 fully saturated rings. The SMILES string of the molecule is C=CN=C/C(=C\C)C(C)C.CC. The first-order valence-electron chi connectivity index (χ1n) is 4.52. The Bertz CT molecular complexity index is 152. The van der Waals surface area contributed by atoms with Crippen LogP contribution >= 0.6 is 0 Å². The second kappa shape index (κ2) is 10.2. The molecular weight excluding hydrogens is 146 g/mol. The van der Waals surface area contributed by atoms with Crippen molar-refractivity contribution in [1.82, 2.24) is 0 Å². The van der Waals surface area contributed by atoms with Crippen molar-refractivity contribution in [3.05, 3.63) is 24.4 Å². The van der Waals surface area contributed by atoms with Crippen molar-refractivity contribution >= 4 is 6.21 Å². The molecule has 0 aromatic carbocycles. The lowest BCUT2D eigenvalue weighted by Gasteiger charge is -2.02. The normalized spacial score (nSPS) is 11.3. The Balaban J connectivity index is 0. The maximum Gasteiger partial charge on any atom is 0.0298 e. The maximum absolute atomic E-state index is 3.93. The molecule has 0 aliphatic heterocycles. The Morgan fingerprint density at radius 1 is 1.33 bits per heavy atom. The van der Waals surface area contributed by atoms with E-state index in [1.165, 1.54) is 5.57 Å². The first-order chi connectivity index (χ1) is 5.72. The first-order valence-corrected chi connectivity index (χ1v) is 4.52.